The Labute approximate surface area is 91.3 Å². The average Bonchev–Trinajstić information content (AvgIpc) is 2.66. The third kappa shape index (κ3) is 2.58. The number of aromatic nitrogens is 2. The van der Waals surface area contributed by atoms with Crippen molar-refractivity contribution in [3.8, 4) is 0 Å². The second-order valence-corrected chi connectivity index (χ2v) is 4.33. The van der Waals surface area contributed by atoms with E-state index >= 15 is 0 Å². The number of likely N-dealkylation sites (tertiary alicyclic amines) is 1. The summed E-state index contributed by atoms with van der Waals surface area (Å²) in [5.41, 5.74) is 1.30. The molecule has 0 radical (unpaired) electrons. The first-order valence-corrected chi connectivity index (χ1v) is 5.64. The molecule has 0 unspecified atom stereocenters. The minimum atomic E-state index is 0.716. The van der Waals surface area contributed by atoms with Crippen LogP contribution in [0.25, 0.3) is 0 Å². The summed E-state index contributed by atoms with van der Waals surface area (Å²) >= 11 is 0. The molecule has 4 heteroatoms. The highest BCUT2D eigenvalue weighted by atomic mass is 15.2. The number of piperidine rings is 1. The molecule has 84 valence electrons. The number of hydrogen-bond acceptors (Lipinski definition) is 3. The summed E-state index contributed by atoms with van der Waals surface area (Å²) in [6, 6.07) is 0.716. The summed E-state index contributed by atoms with van der Waals surface area (Å²) in [5.74, 6) is 0. The van der Waals surface area contributed by atoms with Gasteiger partial charge in [-0.2, -0.15) is 0 Å². The lowest BCUT2D eigenvalue weighted by molar-refractivity contribution is 0.191. The maximum atomic E-state index is 4.14. The molecule has 1 aliphatic rings. The maximum Gasteiger partial charge on any atom is 0.0945 e. The molecule has 1 aromatic heterocycles. The van der Waals surface area contributed by atoms with Crippen molar-refractivity contribution >= 4 is 0 Å². The van der Waals surface area contributed by atoms with Crippen molar-refractivity contribution in [1.29, 1.82) is 0 Å². The van der Waals surface area contributed by atoms with Crippen LogP contribution < -0.4 is 5.32 Å². The Bertz CT molecular complexity index is 299. The molecule has 1 aliphatic heterocycles. The van der Waals surface area contributed by atoms with Gasteiger partial charge in [-0.1, -0.05) is 0 Å². The fourth-order valence-electron chi connectivity index (χ4n) is 2.15. The van der Waals surface area contributed by atoms with Gasteiger partial charge >= 0.3 is 0 Å². The summed E-state index contributed by atoms with van der Waals surface area (Å²) in [6.07, 6.45) is 6.35. The number of rotatable bonds is 3. The summed E-state index contributed by atoms with van der Waals surface area (Å²) in [5, 5.41) is 3.35. The van der Waals surface area contributed by atoms with E-state index in [1.165, 1.54) is 31.6 Å². The minimum Gasteiger partial charge on any atom is -0.337 e. The van der Waals surface area contributed by atoms with Crippen LogP contribution in [0, 0.1) is 0 Å². The number of nitrogens with one attached hydrogen (secondary N) is 1. The molecule has 1 aromatic rings. The van der Waals surface area contributed by atoms with E-state index in [-0.39, 0.29) is 0 Å². The molecule has 4 nitrogen and oxygen atoms in total. The van der Waals surface area contributed by atoms with Crippen LogP contribution in [-0.2, 0) is 13.6 Å². The first-order chi connectivity index (χ1) is 7.29. The van der Waals surface area contributed by atoms with E-state index in [2.05, 4.69) is 33.9 Å². The number of aryl methyl sites for hydroxylation is 1. The van der Waals surface area contributed by atoms with E-state index in [0.717, 1.165) is 6.54 Å². The first-order valence-electron chi connectivity index (χ1n) is 5.64. The van der Waals surface area contributed by atoms with Gasteiger partial charge in [0.05, 0.1) is 12.0 Å². The standard InChI is InChI=1S/C11H20N4/c1-12-10-3-5-15(6-4-10)8-11-7-13-9-14(11)2/h7,9-10,12H,3-6,8H2,1-2H3. The third-order valence-electron chi connectivity index (χ3n) is 3.30. The predicted molar refractivity (Wildman–Crippen MR) is 60.6 cm³/mol. The van der Waals surface area contributed by atoms with E-state index < -0.39 is 0 Å². The zero-order valence-corrected chi connectivity index (χ0v) is 9.61. The van der Waals surface area contributed by atoms with Crippen molar-refractivity contribution in [1.82, 2.24) is 19.8 Å². The summed E-state index contributed by atoms with van der Waals surface area (Å²) in [7, 11) is 4.12. The van der Waals surface area contributed by atoms with E-state index in [4.69, 9.17) is 0 Å². The zero-order valence-electron chi connectivity index (χ0n) is 9.61. The van der Waals surface area contributed by atoms with Crippen molar-refractivity contribution < 1.29 is 0 Å². The summed E-state index contributed by atoms with van der Waals surface area (Å²) in [6.45, 7) is 3.42. The Balaban J connectivity index is 1.85. The summed E-state index contributed by atoms with van der Waals surface area (Å²) in [4.78, 5) is 6.65. The highest BCUT2D eigenvalue weighted by molar-refractivity contribution is 4.97. The average molecular weight is 208 g/mol. The lowest BCUT2D eigenvalue weighted by atomic mass is 10.1. The topological polar surface area (TPSA) is 33.1 Å². The molecular formula is C11H20N4. The molecule has 0 bridgehead atoms. The van der Waals surface area contributed by atoms with Crippen LogP contribution in [0.15, 0.2) is 12.5 Å². The molecule has 0 spiro atoms. The minimum absolute atomic E-state index is 0.716. The molecule has 0 aromatic carbocycles. The van der Waals surface area contributed by atoms with E-state index in [9.17, 15) is 0 Å². The Morgan fingerprint density at radius 2 is 2.20 bits per heavy atom. The number of imidazole rings is 1. The number of nitrogens with zero attached hydrogens (tertiary/aromatic N) is 3. The fourth-order valence-corrected chi connectivity index (χ4v) is 2.15. The second-order valence-electron chi connectivity index (χ2n) is 4.33. The lowest BCUT2D eigenvalue weighted by Crippen LogP contribution is -2.40. The van der Waals surface area contributed by atoms with Crippen LogP contribution >= 0.6 is 0 Å². The van der Waals surface area contributed by atoms with Gasteiger partial charge in [-0.3, -0.25) is 4.90 Å². The predicted octanol–water partition coefficient (Wildman–Crippen LogP) is 0.604. The monoisotopic (exact) mass is 208 g/mol. The second kappa shape index (κ2) is 4.77. The molecule has 0 amide bonds. The molecule has 1 fully saturated rings. The molecule has 1 N–H and O–H groups in total. The smallest absolute Gasteiger partial charge is 0.0945 e. The van der Waals surface area contributed by atoms with Crippen LogP contribution in [0.2, 0.25) is 0 Å². The van der Waals surface area contributed by atoms with Crippen LogP contribution in [0.1, 0.15) is 18.5 Å². The van der Waals surface area contributed by atoms with E-state index in [1.54, 1.807) is 0 Å². The molecular weight excluding hydrogens is 188 g/mol. The van der Waals surface area contributed by atoms with Crippen molar-refractivity contribution in [2.45, 2.75) is 25.4 Å². The first kappa shape index (κ1) is 10.6. The number of hydrogen-bond donors (Lipinski definition) is 1. The Morgan fingerprint density at radius 1 is 1.47 bits per heavy atom. The Hall–Kier alpha value is -0.870. The zero-order chi connectivity index (χ0) is 10.7. The molecule has 1 saturated heterocycles. The molecule has 2 heterocycles. The third-order valence-corrected chi connectivity index (χ3v) is 3.30. The van der Waals surface area contributed by atoms with Crippen molar-refractivity contribution in [3.05, 3.63) is 18.2 Å². The van der Waals surface area contributed by atoms with Gasteiger partial charge < -0.3 is 9.88 Å². The summed E-state index contributed by atoms with van der Waals surface area (Å²) < 4.78 is 2.10. The van der Waals surface area contributed by atoms with Gasteiger partial charge in [0.2, 0.25) is 0 Å². The Kier molecular flexibility index (Phi) is 3.38. The van der Waals surface area contributed by atoms with Crippen LogP contribution in [0.3, 0.4) is 0 Å². The van der Waals surface area contributed by atoms with Gasteiger partial charge in [-0.25, -0.2) is 4.98 Å². The van der Waals surface area contributed by atoms with Gasteiger partial charge in [0.1, 0.15) is 0 Å². The quantitative estimate of drug-likeness (QED) is 0.790. The SMILES string of the molecule is CNC1CCN(Cc2cncn2C)CC1. The highest BCUT2D eigenvalue weighted by Gasteiger charge is 2.18. The molecule has 0 atom stereocenters. The van der Waals surface area contributed by atoms with Gasteiger partial charge in [0.15, 0.2) is 0 Å². The van der Waals surface area contributed by atoms with Crippen LogP contribution in [0.5, 0.6) is 0 Å². The van der Waals surface area contributed by atoms with E-state index in [0.29, 0.717) is 6.04 Å². The molecule has 0 aliphatic carbocycles. The van der Waals surface area contributed by atoms with Crippen molar-refractivity contribution in [3.63, 3.8) is 0 Å². The van der Waals surface area contributed by atoms with Gasteiger partial charge in [-0.05, 0) is 19.9 Å². The molecule has 15 heavy (non-hydrogen) atoms. The molecule has 2 rings (SSSR count). The maximum absolute atomic E-state index is 4.14. The van der Waals surface area contributed by atoms with E-state index in [1.807, 2.05) is 12.5 Å². The van der Waals surface area contributed by atoms with Crippen LogP contribution in [-0.4, -0.2) is 40.6 Å². The fraction of sp³-hybridized carbons (Fsp3) is 0.727. The lowest BCUT2D eigenvalue weighted by Gasteiger charge is -2.31. The molecule has 0 saturated carbocycles. The largest absolute Gasteiger partial charge is 0.337 e. The van der Waals surface area contributed by atoms with Crippen LogP contribution in [0.4, 0.5) is 0 Å². The normalized spacial score (nSPS) is 19.6. The van der Waals surface area contributed by atoms with Crippen molar-refractivity contribution in [2.24, 2.45) is 7.05 Å². The highest BCUT2D eigenvalue weighted by Crippen LogP contribution is 2.12. The van der Waals surface area contributed by atoms with Gasteiger partial charge in [0.25, 0.3) is 0 Å². The Morgan fingerprint density at radius 3 is 2.73 bits per heavy atom. The van der Waals surface area contributed by atoms with Crippen molar-refractivity contribution in [2.75, 3.05) is 20.1 Å². The van der Waals surface area contributed by atoms with Gasteiger partial charge in [-0.15, -0.1) is 0 Å². The van der Waals surface area contributed by atoms with Gasteiger partial charge in [0, 0.05) is 38.9 Å².